The normalized spacial score (nSPS) is 12.4. The first-order valence-corrected chi connectivity index (χ1v) is 9.16. The number of rotatable bonds is 9. The van der Waals surface area contributed by atoms with Gasteiger partial charge in [-0.1, -0.05) is 33.1 Å². The van der Waals surface area contributed by atoms with Gasteiger partial charge >= 0.3 is 0 Å². The van der Waals surface area contributed by atoms with Crippen molar-refractivity contribution in [1.29, 1.82) is 0 Å². The topological polar surface area (TPSA) is 35.0 Å². The summed E-state index contributed by atoms with van der Waals surface area (Å²) in [7, 11) is 0. The summed E-state index contributed by atoms with van der Waals surface area (Å²) in [5, 5.41) is 0. The maximum absolute atomic E-state index is 5.66. The van der Waals surface area contributed by atoms with Crippen molar-refractivity contribution in [2.45, 2.75) is 65.9 Å². The van der Waals surface area contributed by atoms with E-state index >= 15 is 0 Å². The Kier molecular flexibility index (Phi) is 7.23. The number of hydrogen-bond acceptors (Lipinski definition) is 3. The van der Waals surface area contributed by atoms with Crippen LogP contribution in [0.4, 0.5) is 0 Å². The van der Waals surface area contributed by atoms with Gasteiger partial charge in [0, 0.05) is 18.0 Å². The molecule has 0 saturated carbocycles. The fourth-order valence-electron chi connectivity index (χ4n) is 2.61. The Morgan fingerprint density at radius 1 is 0.958 bits per heavy atom. The molecule has 1 atom stereocenters. The van der Waals surface area contributed by atoms with Crippen LogP contribution in [0.15, 0.2) is 36.7 Å². The van der Waals surface area contributed by atoms with Gasteiger partial charge in [0.25, 0.3) is 0 Å². The minimum atomic E-state index is 0.187. The maximum Gasteiger partial charge on any atom is 0.159 e. The number of unbranched alkanes of at least 4 members (excludes halogenated alkanes) is 1. The van der Waals surface area contributed by atoms with Crippen LogP contribution in [0.5, 0.6) is 5.75 Å². The Balaban J connectivity index is 1.87. The molecule has 1 heterocycles. The molecule has 1 unspecified atom stereocenters. The first-order chi connectivity index (χ1) is 11.6. The molecule has 0 N–H and O–H groups in total. The third kappa shape index (κ3) is 5.95. The zero-order valence-corrected chi connectivity index (χ0v) is 15.5. The van der Waals surface area contributed by atoms with Crippen LogP contribution in [0.25, 0.3) is 11.4 Å². The summed E-state index contributed by atoms with van der Waals surface area (Å²) in [6.45, 7) is 8.64. The van der Waals surface area contributed by atoms with Gasteiger partial charge in [-0.05, 0) is 62.4 Å². The highest BCUT2D eigenvalue weighted by Gasteiger charge is 2.04. The second kappa shape index (κ2) is 9.41. The summed E-state index contributed by atoms with van der Waals surface area (Å²) < 4.78 is 5.66. The number of nitrogens with zero attached hydrogens (tertiary/aromatic N) is 2. The van der Waals surface area contributed by atoms with Crippen molar-refractivity contribution in [3.63, 3.8) is 0 Å². The largest absolute Gasteiger partial charge is 0.491 e. The Morgan fingerprint density at radius 2 is 1.62 bits per heavy atom. The van der Waals surface area contributed by atoms with Gasteiger partial charge < -0.3 is 4.74 Å². The van der Waals surface area contributed by atoms with E-state index in [4.69, 9.17) is 4.74 Å². The van der Waals surface area contributed by atoms with Crippen molar-refractivity contribution in [2.75, 3.05) is 0 Å². The molecule has 0 amide bonds. The number of aromatic nitrogens is 2. The van der Waals surface area contributed by atoms with E-state index in [1.807, 2.05) is 50.5 Å². The molecule has 0 spiro atoms. The standard InChI is InChI=1S/C21H30N2O/c1-5-17(4)8-6-7-9-18-14-22-21(23-15-18)19-10-12-20(13-11-19)24-16(2)3/h10-17H,5-9H2,1-4H3. The molecule has 130 valence electrons. The third-order valence-electron chi connectivity index (χ3n) is 4.30. The average molecular weight is 326 g/mol. The first kappa shape index (κ1) is 18.4. The number of aryl methyl sites for hydroxylation is 1. The lowest BCUT2D eigenvalue weighted by atomic mass is 10.00. The highest BCUT2D eigenvalue weighted by molar-refractivity contribution is 5.55. The summed E-state index contributed by atoms with van der Waals surface area (Å²) in [5.41, 5.74) is 2.25. The number of hydrogen-bond donors (Lipinski definition) is 0. The quantitative estimate of drug-likeness (QED) is 0.555. The van der Waals surface area contributed by atoms with Gasteiger partial charge in [0.15, 0.2) is 5.82 Å². The van der Waals surface area contributed by atoms with Crippen molar-refractivity contribution >= 4 is 0 Å². The Labute approximate surface area is 146 Å². The lowest BCUT2D eigenvalue weighted by Crippen LogP contribution is -2.05. The molecule has 0 bridgehead atoms. The molecule has 2 rings (SSSR count). The highest BCUT2D eigenvalue weighted by Crippen LogP contribution is 2.20. The molecule has 1 aromatic heterocycles. The molecule has 3 nitrogen and oxygen atoms in total. The van der Waals surface area contributed by atoms with Crippen LogP contribution in [0.3, 0.4) is 0 Å². The maximum atomic E-state index is 5.66. The van der Waals surface area contributed by atoms with Crippen LogP contribution in [0.1, 0.15) is 58.9 Å². The van der Waals surface area contributed by atoms with Crippen LogP contribution in [-0.2, 0) is 6.42 Å². The van der Waals surface area contributed by atoms with Gasteiger partial charge in [0.1, 0.15) is 5.75 Å². The van der Waals surface area contributed by atoms with E-state index in [1.54, 1.807) is 0 Å². The van der Waals surface area contributed by atoms with Crippen LogP contribution < -0.4 is 4.74 Å². The molecule has 0 saturated heterocycles. The fourth-order valence-corrected chi connectivity index (χ4v) is 2.61. The molecular weight excluding hydrogens is 296 g/mol. The first-order valence-electron chi connectivity index (χ1n) is 9.16. The monoisotopic (exact) mass is 326 g/mol. The molecule has 0 aliphatic carbocycles. The summed E-state index contributed by atoms with van der Waals surface area (Å²) in [5.74, 6) is 2.49. The second-order valence-corrected chi connectivity index (χ2v) is 6.87. The van der Waals surface area contributed by atoms with E-state index in [9.17, 15) is 0 Å². The molecule has 0 radical (unpaired) electrons. The van der Waals surface area contributed by atoms with Gasteiger partial charge in [0.05, 0.1) is 6.10 Å². The van der Waals surface area contributed by atoms with E-state index in [2.05, 4.69) is 23.8 Å². The summed E-state index contributed by atoms with van der Waals surface area (Å²) >= 11 is 0. The summed E-state index contributed by atoms with van der Waals surface area (Å²) in [6, 6.07) is 7.97. The zero-order valence-electron chi connectivity index (χ0n) is 15.5. The fraction of sp³-hybridized carbons (Fsp3) is 0.524. The highest BCUT2D eigenvalue weighted by atomic mass is 16.5. The predicted molar refractivity (Wildman–Crippen MR) is 100 cm³/mol. The van der Waals surface area contributed by atoms with Crippen molar-refractivity contribution < 1.29 is 4.74 Å². The van der Waals surface area contributed by atoms with E-state index in [0.29, 0.717) is 0 Å². The van der Waals surface area contributed by atoms with Crippen LogP contribution in [0, 0.1) is 5.92 Å². The van der Waals surface area contributed by atoms with Crippen LogP contribution in [-0.4, -0.2) is 16.1 Å². The zero-order chi connectivity index (χ0) is 17.4. The van der Waals surface area contributed by atoms with E-state index in [1.165, 1.54) is 31.2 Å². The number of benzene rings is 1. The molecule has 2 aromatic rings. The third-order valence-corrected chi connectivity index (χ3v) is 4.30. The van der Waals surface area contributed by atoms with E-state index in [-0.39, 0.29) is 6.10 Å². The summed E-state index contributed by atoms with van der Waals surface area (Å²) in [6.07, 6.45) is 10.3. The SMILES string of the molecule is CCC(C)CCCCc1cnc(-c2ccc(OC(C)C)cc2)nc1. The Morgan fingerprint density at radius 3 is 2.21 bits per heavy atom. The summed E-state index contributed by atoms with van der Waals surface area (Å²) in [4.78, 5) is 9.04. The van der Waals surface area contributed by atoms with Crippen molar-refractivity contribution in [3.05, 3.63) is 42.2 Å². The molecule has 0 aliphatic heterocycles. The minimum absolute atomic E-state index is 0.187. The number of ether oxygens (including phenoxy) is 1. The Bertz CT molecular complexity index is 590. The average Bonchev–Trinajstić information content (AvgIpc) is 2.59. The lowest BCUT2D eigenvalue weighted by Gasteiger charge is -2.10. The van der Waals surface area contributed by atoms with E-state index in [0.717, 1.165) is 29.5 Å². The molecule has 1 aromatic carbocycles. The van der Waals surface area contributed by atoms with Gasteiger partial charge in [-0.15, -0.1) is 0 Å². The van der Waals surface area contributed by atoms with Gasteiger partial charge in [-0.3, -0.25) is 0 Å². The molecule has 24 heavy (non-hydrogen) atoms. The molecule has 3 heteroatoms. The molecular formula is C21H30N2O. The second-order valence-electron chi connectivity index (χ2n) is 6.87. The van der Waals surface area contributed by atoms with Crippen LogP contribution in [0.2, 0.25) is 0 Å². The van der Waals surface area contributed by atoms with Crippen molar-refractivity contribution in [3.8, 4) is 17.1 Å². The lowest BCUT2D eigenvalue weighted by molar-refractivity contribution is 0.242. The van der Waals surface area contributed by atoms with Crippen molar-refractivity contribution in [2.24, 2.45) is 5.92 Å². The smallest absolute Gasteiger partial charge is 0.159 e. The van der Waals surface area contributed by atoms with E-state index < -0.39 is 0 Å². The minimum Gasteiger partial charge on any atom is -0.491 e. The van der Waals surface area contributed by atoms with Gasteiger partial charge in [0.2, 0.25) is 0 Å². The van der Waals surface area contributed by atoms with Gasteiger partial charge in [-0.25, -0.2) is 9.97 Å². The molecule has 0 fully saturated rings. The van der Waals surface area contributed by atoms with Crippen LogP contribution >= 0.6 is 0 Å². The predicted octanol–water partition coefficient (Wildman–Crippen LogP) is 5.69. The molecule has 0 aliphatic rings. The van der Waals surface area contributed by atoms with Crippen molar-refractivity contribution in [1.82, 2.24) is 9.97 Å². The Hall–Kier alpha value is -1.90. The van der Waals surface area contributed by atoms with Gasteiger partial charge in [-0.2, -0.15) is 0 Å².